The average molecular weight is 346 g/mol. The van der Waals surface area contributed by atoms with Crippen molar-refractivity contribution in [3.05, 3.63) is 35.0 Å². The molecule has 0 aliphatic carbocycles. The normalized spacial score (nSPS) is 11.0. The molecule has 7 heteroatoms. The summed E-state index contributed by atoms with van der Waals surface area (Å²) < 4.78 is 13.1. The highest BCUT2D eigenvalue weighted by molar-refractivity contribution is 7.15. The molecule has 1 aromatic carbocycles. The van der Waals surface area contributed by atoms with E-state index in [1.807, 2.05) is 38.3 Å². The van der Waals surface area contributed by atoms with Gasteiger partial charge in [0.25, 0.3) is 0 Å². The zero-order valence-electron chi connectivity index (χ0n) is 13.7. The summed E-state index contributed by atoms with van der Waals surface area (Å²) in [4.78, 5) is 15.9. The molecule has 6 nitrogen and oxygen atoms in total. The summed E-state index contributed by atoms with van der Waals surface area (Å²) in [7, 11) is 0. The van der Waals surface area contributed by atoms with Crippen molar-refractivity contribution in [3.63, 3.8) is 0 Å². The number of aromatic carboxylic acids is 1. The highest BCUT2D eigenvalue weighted by atomic mass is 32.1. The van der Waals surface area contributed by atoms with Gasteiger partial charge in [0.05, 0.1) is 18.9 Å². The predicted octanol–water partition coefficient (Wildman–Crippen LogP) is 3.87. The lowest BCUT2D eigenvalue weighted by Crippen LogP contribution is -2.00. The maximum absolute atomic E-state index is 11.1. The molecule has 2 heterocycles. The molecule has 1 N–H and O–H groups in total. The molecule has 0 unspecified atom stereocenters. The summed E-state index contributed by atoms with van der Waals surface area (Å²) in [6.45, 7) is 6.94. The molecule has 0 atom stereocenters. The molecule has 3 aromatic rings. The standard InChI is InChI=1S/C17H18N2O4S/c1-4-22-14-6-10(3)11(7-15(14)23-5-2)13-9-24-17-18-12(16(20)21)8-19(13)17/h6-9H,4-5H2,1-3H3,(H,20,21). The summed E-state index contributed by atoms with van der Waals surface area (Å²) in [5.74, 6) is 0.358. The summed E-state index contributed by atoms with van der Waals surface area (Å²) in [6, 6.07) is 3.88. The van der Waals surface area contributed by atoms with E-state index in [9.17, 15) is 4.79 Å². The Morgan fingerprint density at radius 3 is 2.54 bits per heavy atom. The van der Waals surface area contributed by atoms with Gasteiger partial charge in [-0.2, -0.15) is 0 Å². The third-order valence-electron chi connectivity index (χ3n) is 3.59. The van der Waals surface area contributed by atoms with Crippen LogP contribution in [0.25, 0.3) is 16.2 Å². The monoisotopic (exact) mass is 346 g/mol. The van der Waals surface area contributed by atoms with E-state index in [2.05, 4.69) is 4.98 Å². The van der Waals surface area contributed by atoms with Gasteiger partial charge in [-0.25, -0.2) is 9.78 Å². The number of hydrogen-bond donors (Lipinski definition) is 1. The van der Waals surface area contributed by atoms with Crippen molar-refractivity contribution in [2.75, 3.05) is 13.2 Å². The van der Waals surface area contributed by atoms with Gasteiger partial charge in [-0.1, -0.05) is 0 Å². The fourth-order valence-electron chi connectivity index (χ4n) is 2.55. The molecule has 126 valence electrons. The van der Waals surface area contributed by atoms with Crippen LogP contribution in [0.15, 0.2) is 23.7 Å². The van der Waals surface area contributed by atoms with E-state index in [4.69, 9.17) is 14.6 Å². The number of carbonyl (C=O) groups is 1. The van der Waals surface area contributed by atoms with Crippen molar-refractivity contribution in [2.24, 2.45) is 0 Å². The Balaban J connectivity index is 2.14. The lowest BCUT2D eigenvalue weighted by atomic mass is 10.1. The molecule has 0 bridgehead atoms. The fraction of sp³-hybridized carbons (Fsp3) is 0.294. The van der Waals surface area contributed by atoms with E-state index in [0.717, 1.165) is 16.8 Å². The number of ether oxygens (including phenoxy) is 2. The van der Waals surface area contributed by atoms with Crippen LogP contribution in [-0.4, -0.2) is 33.7 Å². The minimum Gasteiger partial charge on any atom is -0.490 e. The lowest BCUT2D eigenvalue weighted by molar-refractivity contribution is 0.0691. The summed E-state index contributed by atoms with van der Waals surface area (Å²) >= 11 is 1.41. The predicted molar refractivity (Wildman–Crippen MR) is 92.5 cm³/mol. The number of carboxylic acids is 1. The molecule has 24 heavy (non-hydrogen) atoms. The van der Waals surface area contributed by atoms with E-state index in [-0.39, 0.29) is 5.69 Å². The van der Waals surface area contributed by atoms with E-state index in [1.54, 1.807) is 10.6 Å². The van der Waals surface area contributed by atoms with Crippen LogP contribution in [0.5, 0.6) is 11.5 Å². The van der Waals surface area contributed by atoms with Crippen molar-refractivity contribution >= 4 is 22.3 Å². The molecule has 0 aliphatic heterocycles. The number of benzene rings is 1. The number of rotatable bonds is 6. The van der Waals surface area contributed by atoms with Crippen molar-refractivity contribution in [2.45, 2.75) is 20.8 Å². The molecule has 0 amide bonds. The quantitative estimate of drug-likeness (QED) is 0.733. The minimum absolute atomic E-state index is 0.0386. The Morgan fingerprint density at radius 2 is 1.92 bits per heavy atom. The van der Waals surface area contributed by atoms with Crippen LogP contribution >= 0.6 is 11.3 Å². The molecule has 0 saturated heterocycles. The van der Waals surface area contributed by atoms with Gasteiger partial charge in [0, 0.05) is 17.1 Å². The van der Waals surface area contributed by atoms with Gasteiger partial charge in [-0.15, -0.1) is 11.3 Å². The van der Waals surface area contributed by atoms with Gasteiger partial charge < -0.3 is 14.6 Å². The Bertz CT molecular complexity index is 898. The van der Waals surface area contributed by atoms with E-state index < -0.39 is 5.97 Å². The van der Waals surface area contributed by atoms with E-state index >= 15 is 0 Å². The van der Waals surface area contributed by atoms with Gasteiger partial charge in [0.1, 0.15) is 0 Å². The molecule has 0 spiro atoms. The second-order valence-electron chi connectivity index (χ2n) is 5.18. The number of carboxylic acid groups (broad SMARTS) is 1. The second kappa shape index (κ2) is 6.52. The molecule has 0 fully saturated rings. The van der Waals surface area contributed by atoms with E-state index in [1.165, 1.54) is 11.3 Å². The molecule has 0 saturated carbocycles. The first-order chi connectivity index (χ1) is 11.5. The Labute approximate surface area is 143 Å². The molecule has 3 rings (SSSR count). The first-order valence-electron chi connectivity index (χ1n) is 7.65. The third-order valence-corrected chi connectivity index (χ3v) is 4.43. The van der Waals surface area contributed by atoms with Gasteiger partial charge in [0.2, 0.25) is 0 Å². The van der Waals surface area contributed by atoms with Crippen LogP contribution in [0.4, 0.5) is 0 Å². The molecular formula is C17H18N2O4S. The fourth-order valence-corrected chi connectivity index (χ4v) is 3.43. The first kappa shape index (κ1) is 16.3. The largest absolute Gasteiger partial charge is 0.490 e. The van der Waals surface area contributed by atoms with Crippen LogP contribution in [0, 0.1) is 6.92 Å². The smallest absolute Gasteiger partial charge is 0.356 e. The summed E-state index contributed by atoms with van der Waals surface area (Å²) in [5, 5.41) is 11.1. The first-order valence-corrected chi connectivity index (χ1v) is 8.53. The second-order valence-corrected chi connectivity index (χ2v) is 6.02. The summed E-state index contributed by atoms with van der Waals surface area (Å²) in [5.41, 5.74) is 2.91. The van der Waals surface area contributed by atoms with E-state index in [0.29, 0.717) is 29.7 Å². The number of fused-ring (bicyclic) bond motifs is 1. The molecule has 0 radical (unpaired) electrons. The van der Waals surface area contributed by atoms with Crippen LogP contribution in [0.3, 0.4) is 0 Å². The zero-order chi connectivity index (χ0) is 17.3. The molecule has 0 aliphatic rings. The highest BCUT2D eigenvalue weighted by Gasteiger charge is 2.17. The highest BCUT2D eigenvalue weighted by Crippen LogP contribution is 2.37. The van der Waals surface area contributed by atoms with Gasteiger partial charge in [-0.3, -0.25) is 4.40 Å². The van der Waals surface area contributed by atoms with Crippen molar-refractivity contribution in [3.8, 4) is 22.8 Å². The average Bonchev–Trinajstić information content (AvgIpc) is 3.11. The van der Waals surface area contributed by atoms with Gasteiger partial charge >= 0.3 is 5.97 Å². The van der Waals surface area contributed by atoms with Gasteiger partial charge in [0.15, 0.2) is 22.2 Å². The Kier molecular flexibility index (Phi) is 4.44. The Morgan fingerprint density at radius 1 is 1.25 bits per heavy atom. The third kappa shape index (κ3) is 2.82. The number of aromatic nitrogens is 2. The lowest BCUT2D eigenvalue weighted by Gasteiger charge is -2.14. The van der Waals surface area contributed by atoms with Crippen LogP contribution in [-0.2, 0) is 0 Å². The number of nitrogens with zero attached hydrogens (tertiary/aromatic N) is 2. The molecule has 2 aromatic heterocycles. The Hall–Kier alpha value is -2.54. The van der Waals surface area contributed by atoms with Crippen molar-refractivity contribution in [1.82, 2.24) is 9.38 Å². The topological polar surface area (TPSA) is 73.1 Å². The van der Waals surface area contributed by atoms with Crippen molar-refractivity contribution in [1.29, 1.82) is 0 Å². The number of imidazole rings is 1. The number of hydrogen-bond acceptors (Lipinski definition) is 5. The summed E-state index contributed by atoms with van der Waals surface area (Å²) in [6.07, 6.45) is 1.54. The van der Waals surface area contributed by atoms with Crippen LogP contribution in [0.2, 0.25) is 0 Å². The SMILES string of the molecule is CCOc1cc(C)c(-c2csc3nc(C(=O)O)cn23)cc1OCC. The minimum atomic E-state index is -1.03. The van der Waals surface area contributed by atoms with Crippen LogP contribution < -0.4 is 9.47 Å². The number of thiazole rings is 1. The maximum Gasteiger partial charge on any atom is 0.356 e. The van der Waals surface area contributed by atoms with Gasteiger partial charge in [-0.05, 0) is 38.5 Å². The van der Waals surface area contributed by atoms with Crippen molar-refractivity contribution < 1.29 is 19.4 Å². The molecular weight excluding hydrogens is 328 g/mol. The zero-order valence-corrected chi connectivity index (χ0v) is 14.5. The maximum atomic E-state index is 11.1. The van der Waals surface area contributed by atoms with Crippen LogP contribution in [0.1, 0.15) is 29.9 Å². The number of aryl methyl sites for hydroxylation is 1.